The maximum Gasteiger partial charge on any atom is 0.338 e. The number of phenolic OH excluding ortho intramolecular Hbond substituents is 2. The van der Waals surface area contributed by atoms with Crippen molar-refractivity contribution in [2.75, 3.05) is 86.1 Å². The first-order valence-corrected chi connectivity index (χ1v) is 50.1. The molecule has 141 heavy (non-hydrogen) atoms. The van der Waals surface area contributed by atoms with E-state index in [4.69, 9.17) is 72.1 Å². The van der Waals surface area contributed by atoms with E-state index in [1.807, 2.05) is 222 Å². The molecule has 0 aliphatic rings. The average molecular weight is 1980 g/mol. The number of aromatic hydroxyl groups is 2. The molecule has 0 fully saturated rings. The van der Waals surface area contributed by atoms with Gasteiger partial charge in [-0.15, -0.1) is 23.2 Å². The second kappa shape index (κ2) is 50.9. The van der Waals surface area contributed by atoms with Crippen LogP contribution in [0.5, 0.6) is 23.0 Å². The Morgan fingerprint density at radius 1 is 0.369 bits per heavy atom. The Morgan fingerprint density at radius 2 is 0.660 bits per heavy atom. The summed E-state index contributed by atoms with van der Waals surface area (Å²) in [7, 11) is 2.94. The number of rotatable bonds is 36. The van der Waals surface area contributed by atoms with Crippen LogP contribution in [-0.4, -0.2) is 191 Å². The van der Waals surface area contributed by atoms with Crippen molar-refractivity contribution in [1.29, 1.82) is 0 Å². The van der Waals surface area contributed by atoms with Crippen LogP contribution in [0.1, 0.15) is 92.2 Å². The SMILES string of the molecule is C.C=C(C)C(=O)Oc1ccc(-c2nc(-c3ccc(-c4ccccc4)cc3)nc(-c3ccc(-c4ccccc4)cc3)n2)c(O)c1.CCCCOC(=O)C(C)(CC(C)(Cl)C(=O)Oc1ccc(-c2nc(-c3ccc(-c4ccccc4)cc3)nc(-c3ccc(-c4ccccc4)cc3)n2)c(O)c1)CS(=O)(=O)c1ccc(C)cc1.CCCCOC(=O)C(C)(Cl)CS(=O)(=O)c1ccc(C)cc1.CN(C)CCN(C)CCN(C)C. The Bertz CT molecular complexity index is 6540. The minimum Gasteiger partial charge on any atom is -0.507 e. The van der Waals surface area contributed by atoms with Crippen LogP contribution in [0, 0.1) is 19.3 Å². The van der Waals surface area contributed by atoms with Gasteiger partial charge in [0.2, 0.25) is 0 Å². The average Bonchev–Trinajstić information content (AvgIpc) is 0.781. The third kappa shape index (κ3) is 31.6. The van der Waals surface area contributed by atoms with Crippen LogP contribution in [-0.2, 0) is 48.3 Å². The molecule has 734 valence electrons. The van der Waals surface area contributed by atoms with E-state index in [1.54, 1.807) is 43.3 Å². The minimum atomic E-state index is -4.03. The van der Waals surface area contributed by atoms with Crippen LogP contribution >= 0.6 is 23.2 Å². The van der Waals surface area contributed by atoms with E-state index in [0.717, 1.165) is 123 Å². The standard InChI is InChI=1S/C52H48ClN3O7S.C37H27N3O3.C15H21ClO4S.C9H23N3.CH4/c1-5-6-31-62-49(58)51(3,34-64(60,61)43-28-17-35(2)18-29-43)33-52(4,53)50(59)63-42-27-30-44(45(57)32-42)48-55-46(40-23-19-38(20-24-40)36-13-9-7-10-14-36)54-47(56-48)41-25-21-39(22-26-41)37-15-11-8-12-16-37;1-24(2)37(42)43-31-21-22-32(33(41)23-31)36-39-34(29-17-13-27(14-18-29)25-9-5-3-6-10-25)38-35(40-36)30-19-15-28(16-20-30)26-11-7-4-8-12-26;1-4-5-10-20-14(17)15(3,16)11-21(18,19)13-8-6-12(2)7-9-13;1-10(2)6-8-12(5)9-7-11(3)4;/h7-30,32,57H,5-6,31,33-34H2,1-4H3;3-23,41H,1H2,2H3;6-9H,4-5,10-11H2,1-3H3;6-9H2,1-5H3;1H4. The van der Waals surface area contributed by atoms with E-state index in [0.29, 0.717) is 35.3 Å². The molecule has 12 aromatic carbocycles. The van der Waals surface area contributed by atoms with Gasteiger partial charge in [-0.05, 0) is 189 Å². The summed E-state index contributed by atoms with van der Waals surface area (Å²) in [5, 5.41) is 22.4. The van der Waals surface area contributed by atoms with Crippen LogP contribution in [0.2, 0.25) is 0 Å². The van der Waals surface area contributed by atoms with Crippen molar-refractivity contribution in [2.24, 2.45) is 5.41 Å². The molecule has 14 aromatic rings. The number of likely N-dealkylation sites (N-methyl/N-ethyl adjacent to an activating group) is 3. The fraction of sp³-hybridized carbons (Fsp3) is 0.263. The van der Waals surface area contributed by atoms with Gasteiger partial charge in [0.1, 0.15) is 27.9 Å². The number of nitrogens with zero attached hydrogens (tertiary/aromatic N) is 9. The van der Waals surface area contributed by atoms with Crippen molar-refractivity contribution in [3.63, 3.8) is 0 Å². The molecule has 2 aromatic heterocycles. The van der Waals surface area contributed by atoms with Gasteiger partial charge in [0.15, 0.2) is 59.5 Å². The molecule has 0 radical (unpaired) electrons. The first kappa shape index (κ1) is 109. The van der Waals surface area contributed by atoms with Crippen molar-refractivity contribution < 1.29 is 65.2 Å². The minimum absolute atomic E-state index is 0. The van der Waals surface area contributed by atoms with Crippen molar-refractivity contribution >= 4 is 66.8 Å². The maximum atomic E-state index is 13.8. The Morgan fingerprint density at radius 3 is 0.965 bits per heavy atom. The summed E-state index contributed by atoms with van der Waals surface area (Å²) in [6, 6.07) is 93.5. The fourth-order valence-corrected chi connectivity index (χ4v) is 18.6. The smallest absolute Gasteiger partial charge is 0.338 e. The lowest BCUT2D eigenvalue weighted by atomic mass is 9.82. The predicted octanol–water partition coefficient (Wildman–Crippen LogP) is 23.5. The Hall–Kier alpha value is -13.8. The maximum absolute atomic E-state index is 13.8. The highest BCUT2D eigenvalue weighted by Crippen LogP contribution is 2.42. The molecule has 3 unspecified atom stereocenters. The highest BCUT2D eigenvalue weighted by Gasteiger charge is 2.49. The molecule has 23 nitrogen and oxygen atoms in total. The number of ether oxygens (including phenoxy) is 4. The lowest BCUT2D eigenvalue weighted by Gasteiger charge is -2.32. The summed E-state index contributed by atoms with van der Waals surface area (Å²) in [6.07, 6.45) is 2.49. The molecule has 2 N–H and O–H groups in total. The highest BCUT2D eigenvalue weighted by molar-refractivity contribution is 7.91. The molecule has 0 saturated heterocycles. The zero-order valence-electron chi connectivity index (χ0n) is 81.2. The zero-order valence-corrected chi connectivity index (χ0v) is 84.3. The third-order valence-corrected chi connectivity index (χ3v) is 27.3. The van der Waals surface area contributed by atoms with Gasteiger partial charge in [-0.1, -0.05) is 294 Å². The number of hydrogen-bond donors (Lipinski definition) is 2. The monoisotopic (exact) mass is 1980 g/mol. The molecule has 14 rings (SSSR count). The normalized spacial score (nSPS) is 12.5. The molecule has 0 bridgehead atoms. The molecule has 0 spiro atoms. The van der Waals surface area contributed by atoms with Gasteiger partial charge in [-0.25, -0.2) is 56.3 Å². The van der Waals surface area contributed by atoms with E-state index in [1.165, 1.54) is 69.3 Å². The molecular weight excluding hydrogens is 1850 g/mol. The number of alkyl halides is 2. The summed E-state index contributed by atoms with van der Waals surface area (Å²) in [6.45, 7) is 21.8. The van der Waals surface area contributed by atoms with Gasteiger partial charge in [0.05, 0.1) is 51.1 Å². The number of hydrogen-bond acceptors (Lipinski definition) is 23. The third-order valence-electron chi connectivity index (χ3n) is 22.6. The Labute approximate surface area is 839 Å². The molecular formula is C114H123Cl2N9O14S2. The Kier molecular flexibility index (Phi) is 39.4. The zero-order chi connectivity index (χ0) is 101. The molecule has 0 aliphatic heterocycles. The van der Waals surface area contributed by atoms with Gasteiger partial charge < -0.3 is 43.9 Å². The van der Waals surface area contributed by atoms with Crippen LogP contribution in [0.15, 0.2) is 325 Å². The molecule has 27 heteroatoms. The summed E-state index contributed by atoms with van der Waals surface area (Å²) in [4.78, 5) is 83.5. The van der Waals surface area contributed by atoms with Gasteiger partial charge in [-0.2, -0.15) is 0 Å². The molecule has 0 amide bonds. The van der Waals surface area contributed by atoms with E-state index in [2.05, 4.69) is 80.8 Å². The number of unbranched alkanes of at least 4 members (excludes halogenated alkanes) is 2. The first-order valence-electron chi connectivity index (χ1n) is 46.0. The fourth-order valence-electron chi connectivity index (χ4n) is 14.5. The number of benzene rings is 12. The first-order chi connectivity index (χ1) is 66.8. The Balaban J connectivity index is 0.000000226. The number of aryl methyl sites for hydroxylation is 2. The lowest BCUT2D eigenvalue weighted by molar-refractivity contribution is -0.155. The number of esters is 4. The van der Waals surface area contributed by atoms with Crippen molar-refractivity contribution in [1.82, 2.24) is 44.6 Å². The van der Waals surface area contributed by atoms with Gasteiger partial charge >= 0.3 is 23.9 Å². The summed E-state index contributed by atoms with van der Waals surface area (Å²) >= 11 is 12.9. The van der Waals surface area contributed by atoms with E-state index in [9.17, 15) is 46.2 Å². The number of aromatic nitrogens is 6. The highest BCUT2D eigenvalue weighted by atomic mass is 35.5. The molecule has 0 saturated carbocycles. The summed E-state index contributed by atoms with van der Waals surface area (Å²) in [5.74, 6) is -2.35. The lowest BCUT2D eigenvalue weighted by Crippen LogP contribution is -2.46. The molecule has 0 aliphatic carbocycles. The quantitative estimate of drug-likeness (QED) is 0.0121. The van der Waals surface area contributed by atoms with Gasteiger partial charge in [-0.3, -0.25) is 9.59 Å². The van der Waals surface area contributed by atoms with Crippen molar-refractivity contribution in [2.45, 2.75) is 114 Å². The van der Waals surface area contributed by atoms with E-state index < -0.39 is 76.6 Å². The number of carbonyl (C=O) groups excluding carboxylic acids is 4. The number of phenols is 2. The van der Waals surface area contributed by atoms with Crippen molar-refractivity contribution in [3.8, 4) is 136 Å². The van der Waals surface area contributed by atoms with Crippen LogP contribution < -0.4 is 9.47 Å². The van der Waals surface area contributed by atoms with Crippen molar-refractivity contribution in [3.05, 3.63) is 327 Å². The second-order valence-electron chi connectivity index (χ2n) is 35.5. The van der Waals surface area contributed by atoms with E-state index in [-0.39, 0.29) is 76.2 Å². The molecule has 2 heterocycles. The topological polar surface area (TPSA) is 301 Å². The number of halogens is 2. The number of sulfone groups is 2. The number of carbonyl (C=O) groups is 4. The van der Waals surface area contributed by atoms with Crippen LogP contribution in [0.3, 0.4) is 0 Å². The van der Waals surface area contributed by atoms with E-state index >= 15 is 0 Å². The summed E-state index contributed by atoms with van der Waals surface area (Å²) in [5.41, 5.74) is 12.6. The van der Waals surface area contributed by atoms with Crippen LogP contribution in [0.25, 0.3) is 113 Å². The predicted molar refractivity (Wildman–Crippen MR) is 564 cm³/mol. The van der Waals surface area contributed by atoms with Crippen LogP contribution in [0.4, 0.5) is 0 Å². The second-order valence-corrected chi connectivity index (χ2v) is 41.1. The van der Waals surface area contributed by atoms with Gasteiger partial charge in [0, 0.05) is 66.1 Å². The molecule has 3 atom stereocenters. The largest absolute Gasteiger partial charge is 0.507 e. The van der Waals surface area contributed by atoms with Gasteiger partial charge in [0.25, 0.3) is 0 Å². The summed E-state index contributed by atoms with van der Waals surface area (Å²) < 4.78 is 73.4.